The Labute approximate surface area is 183 Å². The lowest BCUT2D eigenvalue weighted by Crippen LogP contribution is -2.32. The van der Waals surface area contributed by atoms with E-state index in [4.69, 9.17) is 22.1 Å². The Kier molecular flexibility index (Phi) is 5.73. The molecule has 0 saturated carbocycles. The summed E-state index contributed by atoms with van der Waals surface area (Å²) in [4.78, 5) is 34.0. The van der Waals surface area contributed by atoms with Crippen molar-refractivity contribution in [3.63, 3.8) is 0 Å². The standard InChI is InChI=1S/C22H19ClN4O4/c1-30-18(28)11-13-2-7-16(17(23)10-13)14-3-5-15(6-4-14)27-8-9-31-21-19(22(27)29)20(24)25-12-26-21/h2-7,10,12H,8-9,11H2,1H3,(H2,24,25,26). The molecule has 2 heterocycles. The smallest absolute Gasteiger partial charge is 0.309 e. The normalized spacial score (nSPS) is 13.2. The Morgan fingerprint density at radius 1 is 1.23 bits per heavy atom. The highest BCUT2D eigenvalue weighted by atomic mass is 35.5. The fraction of sp³-hybridized carbons (Fsp3) is 0.182. The SMILES string of the molecule is COC(=O)Cc1ccc(-c2ccc(N3CCOc4ncnc(N)c4C3=O)cc2)c(Cl)c1. The Morgan fingerprint density at radius 3 is 2.71 bits per heavy atom. The number of carbonyl (C=O) groups excluding carboxylic acids is 2. The molecule has 2 N–H and O–H groups in total. The number of carbonyl (C=O) groups is 2. The van der Waals surface area contributed by atoms with Crippen LogP contribution in [0, 0.1) is 0 Å². The van der Waals surface area contributed by atoms with Crippen molar-refractivity contribution in [2.75, 3.05) is 30.9 Å². The molecule has 0 spiro atoms. The lowest BCUT2D eigenvalue weighted by Gasteiger charge is -2.20. The fourth-order valence-electron chi connectivity index (χ4n) is 3.37. The van der Waals surface area contributed by atoms with E-state index in [0.29, 0.717) is 17.3 Å². The molecule has 0 aliphatic carbocycles. The molecular formula is C22H19ClN4O4. The quantitative estimate of drug-likeness (QED) is 0.623. The third-order valence-electron chi connectivity index (χ3n) is 4.95. The monoisotopic (exact) mass is 438 g/mol. The molecule has 1 amide bonds. The van der Waals surface area contributed by atoms with Gasteiger partial charge in [-0.25, -0.2) is 9.97 Å². The maximum Gasteiger partial charge on any atom is 0.309 e. The molecule has 9 heteroatoms. The molecule has 0 atom stereocenters. The van der Waals surface area contributed by atoms with Gasteiger partial charge in [0.2, 0.25) is 5.88 Å². The van der Waals surface area contributed by atoms with Crippen molar-refractivity contribution < 1.29 is 19.1 Å². The maximum atomic E-state index is 13.0. The molecule has 3 aromatic rings. The first-order valence-corrected chi connectivity index (χ1v) is 9.86. The van der Waals surface area contributed by atoms with Gasteiger partial charge in [-0.3, -0.25) is 9.59 Å². The van der Waals surface area contributed by atoms with Gasteiger partial charge < -0.3 is 20.1 Å². The van der Waals surface area contributed by atoms with E-state index >= 15 is 0 Å². The summed E-state index contributed by atoms with van der Waals surface area (Å²) in [7, 11) is 1.35. The zero-order valence-electron chi connectivity index (χ0n) is 16.7. The van der Waals surface area contributed by atoms with Crippen molar-refractivity contribution in [3.8, 4) is 17.0 Å². The number of ether oxygens (including phenoxy) is 2. The summed E-state index contributed by atoms with van der Waals surface area (Å²) in [6.07, 6.45) is 1.43. The van der Waals surface area contributed by atoms with E-state index in [0.717, 1.165) is 16.7 Å². The highest BCUT2D eigenvalue weighted by molar-refractivity contribution is 6.33. The van der Waals surface area contributed by atoms with Crippen molar-refractivity contribution in [2.24, 2.45) is 0 Å². The van der Waals surface area contributed by atoms with E-state index in [-0.39, 0.29) is 42.2 Å². The topological polar surface area (TPSA) is 108 Å². The number of aromatic nitrogens is 2. The van der Waals surface area contributed by atoms with Gasteiger partial charge in [0.25, 0.3) is 5.91 Å². The van der Waals surface area contributed by atoms with Crippen LogP contribution in [0.15, 0.2) is 48.8 Å². The lowest BCUT2D eigenvalue weighted by atomic mass is 10.0. The van der Waals surface area contributed by atoms with Crippen LogP contribution in [0.1, 0.15) is 15.9 Å². The van der Waals surface area contributed by atoms with Crippen LogP contribution in [0.2, 0.25) is 5.02 Å². The number of halogens is 1. The van der Waals surface area contributed by atoms with Crippen LogP contribution in [-0.4, -0.2) is 42.1 Å². The molecule has 1 aromatic heterocycles. The predicted molar refractivity (Wildman–Crippen MR) is 116 cm³/mol. The van der Waals surface area contributed by atoms with Crippen LogP contribution < -0.4 is 15.4 Å². The average molecular weight is 439 g/mol. The van der Waals surface area contributed by atoms with Gasteiger partial charge in [0.05, 0.1) is 20.1 Å². The van der Waals surface area contributed by atoms with Crippen molar-refractivity contribution in [1.82, 2.24) is 9.97 Å². The van der Waals surface area contributed by atoms with Gasteiger partial charge in [0.15, 0.2) is 0 Å². The van der Waals surface area contributed by atoms with Crippen molar-refractivity contribution >= 4 is 35.0 Å². The highest BCUT2D eigenvalue weighted by Crippen LogP contribution is 2.32. The van der Waals surface area contributed by atoms with Crippen LogP contribution >= 0.6 is 11.6 Å². The number of benzene rings is 2. The van der Waals surface area contributed by atoms with E-state index in [1.54, 1.807) is 11.0 Å². The molecule has 0 unspecified atom stereocenters. The first-order valence-electron chi connectivity index (χ1n) is 9.48. The van der Waals surface area contributed by atoms with Crippen molar-refractivity contribution in [1.29, 1.82) is 0 Å². The number of methoxy groups -OCH3 is 1. The first kappa shape index (κ1) is 20.6. The average Bonchev–Trinajstić information content (AvgIpc) is 2.93. The van der Waals surface area contributed by atoms with Gasteiger partial charge >= 0.3 is 5.97 Å². The van der Waals surface area contributed by atoms with Crippen molar-refractivity contribution in [2.45, 2.75) is 6.42 Å². The maximum absolute atomic E-state index is 13.0. The van der Waals surface area contributed by atoms with Crippen LogP contribution in [0.4, 0.5) is 11.5 Å². The number of rotatable bonds is 4. The van der Waals surface area contributed by atoms with Crippen LogP contribution in [-0.2, 0) is 16.0 Å². The lowest BCUT2D eigenvalue weighted by molar-refractivity contribution is -0.139. The second-order valence-electron chi connectivity index (χ2n) is 6.86. The molecule has 0 fully saturated rings. The predicted octanol–water partition coefficient (Wildman–Crippen LogP) is 3.13. The van der Waals surface area contributed by atoms with Crippen LogP contribution in [0.3, 0.4) is 0 Å². The van der Waals surface area contributed by atoms with Gasteiger partial charge in [-0.1, -0.05) is 35.9 Å². The molecule has 2 aromatic carbocycles. The molecule has 0 bridgehead atoms. The number of nitrogens with zero attached hydrogens (tertiary/aromatic N) is 3. The second-order valence-corrected chi connectivity index (χ2v) is 7.27. The Hall–Kier alpha value is -3.65. The number of hydrogen-bond donors (Lipinski definition) is 1. The van der Waals surface area contributed by atoms with Crippen LogP contribution in [0.25, 0.3) is 11.1 Å². The number of esters is 1. The summed E-state index contributed by atoms with van der Waals surface area (Å²) in [6, 6.07) is 12.9. The molecule has 1 aliphatic heterocycles. The molecule has 8 nitrogen and oxygen atoms in total. The fourth-order valence-corrected chi connectivity index (χ4v) is 3.68. The molecule has 31 heavy (non-hydrogen) atoms. The summed E-state index contributed by atoms with van der Waals surface area (Å²) in [5.41, 5.74) is 9.19. The molecule has 0 radical (unpaired) electrons. The van der Waals surface area contributed by atoms with E-state index in [9.17, 15) is 9.59 Å². The number of anilines is 2. The summed E-state index contributed by atoms with van der Waals surface area (Å²) in [5.74, 6) is -0.372. The van der Waals surface area contributed by atoms with E-state index < -0.39 is 0 Å². The molecule has 158 valence electrons. The second kappa shape index (κ2) is 8.61. The van der Waals surface area contributed by atoms with E-state index in [1.807, 2.05) is 36.4 Å². The summed E-state index contributed by atoms with van der Waals surface area (Å²) in [5, 5.41) is 0.521. The highest BCUT2D eigenvalue weighted by Gasteiger charge is 2.28. The molecule has 0 saturated heterocycles. The van der Waals surface area contributed by atoms with Gasteiger partial charge in [-0.15, -0.1) is 0 Å². The largest absolute Gasteiger partial charge is 0.475 e. The van der Waals surface area contributed by atoms with Gasteiger partial charge in [0, 0.05) is 16.3 Å². The number of hydrogen-bond acceptors (Lipinski definition) is 7. The third-order valence-corrected chi connectivity index (χ3v) is 5.27. The number of nitrogens with two attached hydrogens (primary N) is 1. The molecule has 1 aliphatic rings. The Morgan fingerprint density at radius 2 is 2.00 bits per heavy atom. The van der Waals surface area contributed by atoms with E-state index in [1.165, 1.54) is 13.4 Å². The van der Waals surface area contributed by atoms with Crippen molar-refractivity contribution in [3.05, 3.63) is 64.9 Å². The minimum atomic E-state index is -0.327. The van der Waals surface area contributed by atoms with Crippen LogP contribution in [0.5, 0.6) is 5.88 Å². The first-order chi connectivity index (χ1) is 15.0. The van der Waals surface area contributed by atoms with Gasteiger partial charge in [-0.05, 0) is 29.3 Å². The molecular weight excluding hydrogens is 420 g/mol. The minimum absolute atomic E-state index is 0.0809. The minimum Gasteiger partial charge on any atom is -0.475 e. The zero-order valence-corrected chi connectivity index (χ0v) is 17.4. The summed E-state index contributed by atoms with van der Waals surface area (Å²) >= 11 is 6.44. The van der Waals surface area contributed by atoms with E-state index in [2.05, 4.69) is 14.7 Å². The third kappa shape index (κ3) is 4.15. The molecule has 4 rings (SSSR count). The van der Waals surface area contributed by atoms with Gasteiger partial charge in [-0.2, -0.15) is 0 Å². The van der Waals surface area contributed by atoms with Gasteiger partial charge in [0.1, 0.15) is 24.3 Å². The Bertz CT molecular complexity index is 1150. The zero-order chi connectivity index (χ0) is 22.0. The summed E-state index contributed by atoms with van der Waals surface area (Å²) < 4.78 is 10.3. The number of nitrogen functional groups attached to an aromatic ring is 1. The number of fused-ring (bicyclic) bond motifs is 1. The Balaban J connectivity index is 1.59. The number of amides is 1. The summed E-state index contributed by atoms with van der Waals surface area (Å²) in [6.45, 7) is 0.626.